The van der Waals surface area contributed by atoms with E-state index >= 15 is 0 Å². The molecule has 142 valence electrons. The van der Waals surface area contributed by atoms with Crippen molar-refractivity contribution in [3.63, 3.8) is 0 Å². The molecule has 1 aliphatic heterocycles. The molecule has 26 heavy (non-hydrogen) atoms. The summed E-state index contributed by atoms with van der Waals surface area (Å²) in [6.07, 6.45) is 10.4. The standard InChI is InChI=1S/C21H31N3O2/c25-21(24-15-13-23(14-16-24)17-7-1-2-8-17)22-19-11-5-6-12-20(19)26-18-9-3-4-10-18/h5-6,11-12,17-18H,1-4,7-10,13-16H2,(H,22,25). The van der Waals surface area contributed by atoms with Crippen molar-refractivity contribution >= 4 is 11.7 Å². The summed E-state index contributed by atoms with van der Waals surface area (Å²) in [6, 6.07) is 8.58. The molecule has 3 fully saturated rings. The van der Waals surface area contributed by atoms with E-state index in [0.29, 0.717) is 6.10 Å². The van der Waals surface area contributed by atoms with Gasteiger partial charge < -0.3 is 15.0 Å². The van der Waals surface area contributed by atoms with Gasteiger partial charge >= 0.3 is 6.03 Å². The largest absolute Gasteiger partial charge is 0.488 e. The van der Waals surface area contributed by atoms with Gasteiger partial charge in [0.2, 0.25) is 0 Å². The van der Waals surface area contributed by atoms with E-state index in [1.807, 2.05) is 29.2 Å². The zero-order chi connectivity index (χ0) is 17.8. The molecule has 2 amide bonds. The van der Waals surface area contributed by atoms with Gasteiger partial charge in [-0.1, -0.05) is 25.0 Å². The van der Waals surface area contributed by atoms with Crippen LogP contribution < -0.4 is 10.1 Å². The van der Waals surface area contributed by atoms with Gasteiger partial charge in [0.1, 0.15) is 5.75 Å². The smallest absolute Gasteiger partial charge is 0.322 e. The molecule has 0 spiro atoms. The van der Waals surface area contributed by atoms with Crippen molar-refractivity contribution in [2.75, 3.05) is 31.5 Å². The summed E-state index contributed by atoms with van der Waals surface area (Å²) >= 11 is 0. The number of carbonyl (C=O) groups is 1. The molecule has 0 radical (unpaired) electrons. The van der Waals surface area contributed by atoms with Gasteiger partial charge in [-0.2, -0.15) is 0 Å². The average Bonchev–Trinajstić information content (AvgIpc) is 3.37. The van der Waals surface area contributed by atoms with E-state index < -0.39 is 0 Å². The van der Waals surface area contributed by atoms with E-state index in [4.69, 9.17) is 4.74 Å². The maximum absolute atomic E-state index is 12.7. The van der Waals surface area contributed by atoms with Crippen LogP contribution in [0.2, 0.25) is 0 Å². The molecule has 4 rings (SSSR count). The molecule has 0 aromatic heterocycles. The lowest BCUT2D eigenvalue weighted by atomic mass is 10.2. The number of ether oxygens (including phenoxy) is 1. The second-order valence-corrected chi connectivity index (χ2v) is 7.91. The molecule has 1 aromatic rings. The third-order valence-corrected chi connectivity index (χ3v) is 6.17. The minimum Gasteiger partial charge on any atom is -0.488 e. The van der Waals surface area contributed by atoms with Crippen LogP contribution in [0.15, 0.2) is 24.3 Å². The average molecular weight is 357 g/mol. The second-order valence-electron chi connectivity index (χ2n) is 7.91. The quantitative estimate of drug-likeness (QED) is 0.882. The van der Waals surface area contributed by atoms with Crippen molar-refractivity contribution in [3.8, 4) is 5.75 Å². The van der Waals surface area contributed by atoms with Crippen molar-refractivity contribution in [2.24, 2.45) is 0 Å². The SMILES string of the molecule is O=C(Nc1ccccc1OC1CCCC1)N1CCN(C2CCCC2)CC1. The lowest BCUT2D eigenvalue weighted by molar-refractivity contribution is 0.115. The molecule has 5 nitrogen and oxygen atoms in total. The van der Waals surface area contributed by atoms with Crippen molar-refractivity contribution in [2.45, 2.75) is 63.5 Å². The van der Waals surface area contributed by atoms with Gasteiger partial charge in [-0.15, -0.1) is 0 Å². The molecular formula is C21H31N3O2. The number of benzene rings is 1. The summed E-state index contributed by atoms with van der Waals surface area (Å²) in [4.78, 5) is 17.2. The second kappa shape index (κ2) is 8.30. The van der Waals surface area contributed by atoms with Crippen LogP contribution in [-0.2, 0) is 0 Å². The van der Waals surface area contributed by atoms with Crippen LogP contribution in [0.1, 0.15) is 51.4 Å². The normalized spacial score (nSPS) is 22.7. The summed E-state index contributed by atoms with van der Waals surface area (Å²) in [5.41, 5.74) is 0.794. The molecule has 1 heterocycles. The van der Waals surface area contributed by atoms with E-state index in [0.717, 1.165) is 56.5 Å². The summed E-state index contributed by atoms with van der Waals surface area (Å²) in [6.45, 7) is 3.62. The molecule has 3 aliphatic rings. The summed E-state index contributed by atoms with van der Waals surface area (Å²) in [7, 11) is 0. The number of nitrogens with zero attached hydrogens (tertiary/aromatic N) is 2. The number of nitrogens with one attached hydrogen (secondary N) is 1. The molecule has 1 aromatic carbocycles. The van der Waals surface area contributed by atoms with Gasteiger partial charge in [0, 0.05) is 32.2 Å². The Morgan fingerprint density at radius 3 is 2.31 bits per heavy atom. The maximum atomic E-state index is 12.7. The Bertz CT molecular complexity index is 601. The molecule has 0 bridgehead atoms. The first-order valence-corrected chi connectivity index (χ1v) is 10.4. The minimum absolute atomic E-state index is 0.00135. The van der Waals surface area contributed by atoms with Gasteiger partial charge in [-0.3, -0.25) is 4.90 Å². The number of anilines is 1. The number of hydrogen-bond donors (Lipinski definition) is 1. The minimum atomic E-state index is -0.00135. The molecule has 0 unspecified atom stereocenters. The molecule has 5 heteroatoms. The summed E-state index contributed by atoms with van der Waals surface area (Å²) in [5, 5.41) is 3.08. The molecular weight excluding hydrogens is 326 g/mol. The van der Waals surface area contributed by atoms with E-state index in [2.05, 4.69) is 10.2 Å². The maximum Gasteiger partial charge on any atom is 0.322 e. The van der Waals surface area contributed by atoms with E-state index in [-0.39, 0.29) is 6.03 Å². The number of urea groups is 1. The molecule has 1 saturated heterocycles. The predicted octanol–water partition coefficient (Wildman–Crippen LogP) is 4.10. The Labute approximate surface area is 156 Å². The molecule has 2 saturated carbocycles. The third kappa shape index (κ3) is 4.14. The van der Waals surface area contributed by atoms with Crippen LogP contribution in [0, 0.1) is 0 Å². The zero-order valence-corrected chi connectivity index (χ0v) is 15.7. The Hall–Kier alpha value is -1.75. The summed E-state index contributed by atoms with van der Waals surface area (Å²) in [5.74, 6) is 0.803. The fraction of sp³-hybridized carbons (Fsp3) is 0.667. The monoisotopic (exact) mass is 357 g/mol. The van der Waals surface area contributed by atoms with Crippen LogP contribution in [0.5, 0.6) is 5.75 Å². The van der Waals surface area contributed by atoms with Crippen LogP contribution in [0.25, 0.3) is 0 Å². The highest BCUT2D eigenvalue weighted by molar-refractivity contribution is 5.91. The van der Waals surface area contributed by atoms with Crippen LogP contribution >= 0.6 is 0 Å². The molecule has 2 aliphatic carbocycles. The molecule has 0 atom stereocenters. The topological polar surface area (TPSA) is 44.8 Å². The van der Waals surface area contributed by atoms with Crippen LogP contribution in [-0.4, -0.2) is 54.2 Å². The number of amides is 2. The van der Waals surface area contributed by atoms with Gasteiger partial charge in [0.25, 0.3) is 0 Å². The first kappa shape index (κ1) is 17.7. The highest BCUT2D eigenvalue weighted by Gasteiger charge is 2.28. The lowest BCUT2D eigenvalue weighted by Gasteiger charge is -2.38. The van der Waals surface area contributed by atoms with Crippen molar-refractivity contribution < 1.29 is 9.53 Å². The summed E-state index contributed by atoms with van der Waals surface area (Å²) < 4.78 is 6.14. The fourth-order valence-corrected chi connectivity index (χ4v) is 4.61. The van der Waals surface area contributed by atoms with E-state index in [1.165, 1.54) is 38.5 Å². The third-order valence-electron chi connectivity index (χ3n) is 6.17. The van der Waals surface area contributed by atoms with Gasteiger partial charge in [-0.05, 0) is 50.7 Å². The Balaban J connectivity index is 1.32. The number of para-hydroxylation sites is 2. The molecule has 1 N–H and O–H groups in total. The fourth-order valence-electron chi connectivity index (χ4n) is 4.61. The number of rotatable bonds is 4. The van der Waals surface area contributed by atoms with Crippen molar-refractivity contribution in [3.05, 3.63) is 24.3 Å². The Morgan fingerprint density at radius 1 is 0.923 bits per heavy atom. The van der Waals surface area contributed by atoms with Crippen molar-refractivity contribution in [1.82, 2.24) is 9.80 Å². The number of carbonyl (C=O) groups excluding carboxylic acids is 1. The first-order valence-electron chi connectivity index (χ1n) is 10.4. The Morgan fingerprint density at radius 2 is 1.58 bits per heavy atom. The van der Waals surface area contributed by atoms with Gasteiger partial charge in [0.05, 0.1) is 11.8 Å². The van der Waals surface area contributed by atoms with E-state index in [9.17, 15) is 4.79 Å². The lowest BCUT2D eigenvalue weighted by Crippen LogP contribution is -2.52. The highest BCUT2D eigenvalue weighted by Crippen LogP contribution is 2.30. The van der Waals surface area contributed by atoms with Crippen LogP contribution in [0.3, 0.4) is 0 Å². The highest BCUT2D eigenvalue weighted by atomic mass is 16.5. The van der Waals surface area contributed by atoms with Gasteiger partial charge in [-0.25, -0.2) is 4.79 Å². The first-order chi connectivity index (χ1) is 12.8. The van der Waals surface area contributed by atoms with Gasteiger partial charge in [0.15, 0.2) is 0 Å². The number of piperazine rings is 1. The van der Waals surface area contributed by atoms with Crippen LogP contribution in [0.4, 0.5) is 10.5 Å². The zero-order valence-electron chi connectivity index (χ0n) is 15.7. The number of hydrogen-bond acceptors (Lipinski definition) is 3. The van der Waals surface area contributed by atoms with E-state index in [1.54, 1.807) is 0 Å². The van der Waals surface area contributed by atoms with Crippen molar-refractivity contribution in [1.29, 1.82) is 0 Å². The Kier molecular flexibility index (Phi) is 5.63. The predicted molar refractivity (Wildman–Crippen MR) is 104 cm³/mol.